The van der Waals surface area contributed by atoms with Crippen molar-refractivity contribution in [1.82, 2.24) is 0 Å². The molecule has 0 aliphatic heterocycles. The van der Waals surface area contributed by atoms with Crippen LogP contribution in [0.1, 0.15) is 41.5 Å². The Morgan fingerprint density at radius 2 is 1.11 bits per heavy atom. The van der Waals surface area contributed by atoms with Crippen LogP contribution in [0.4, 0.5) is 0 Å². The highest BCUT2D eigenvalue weighted by Crippen LogP contribution is 2.06. The molecule has 0 amide bonds. The molecular weight excluding hydrogens is 252 g/mol. The Kier molecular flexibility index (Phi) is 6.17. The van der Waals surface area contributed by atoms with E-state index in [0.29, 0.717) is 0 Å². The van der Waals surface area contributed by atoms with Gasteiger partial charge in [0, 0.05) is 0 Å². The molecular formula is C12H20N2O5. The molecule has 0 saturated carbocycles. The molecule has 0 aromatic rings. The van der Waals surface area contributed by atoms with Crippen LogP contribution in [-0.4, -0.2) is 35.6 Å². The molecule has 7 heteroatoms. The largest absolute Gasteiger partial charge is 0.390 e. The first-order valence-corrected chi connectivity index (χ1v) is 5.68. The minimum absolute atomic E-state index is 0.525. The van der Waals surface area contributed by atoms with Gasteiger partial charge in [-0.05, 0) is 41.5 Å². The van der Waals surface area contributed by atoms with E-state index in [1.807, 2.05) is 0 Å². The number of carbonyl (C=O) groups is 2. The van der Waals surface area contributed by atoms with Gasteiger partial charge in [0.25, 0.3) is 0 Å². The maximum atomic E-state index is 11.1. The van der Waals surface area contributed by atoms with Crippen LogP contribution >= 0.6 is 0 Å². The van der Waals surface area contributed by atoms with Crippen LogP contribution in [0.2, 0.25) is 0 Å². The minimum Gasteiger partial charge on any atom is -0.390 e. The summed E-state index contributed by atoms with van der Waals surface area (Å²) in [6.07, 6.45) is 1.53. The number of ether oxygens (including phenoxy) is 1. The SMILES string of the molecule is CC(C)(C)ON=CC(=O)OC(=O)C=NOC(C)(C)C. The van der Waals surface area contributed by atoms with Crippen molar-refractivity contribution in [3.63, 3.8) is 0 Å². The average Bonchev–Trinajstić information content (AvgIpc) is 2.12. The molecule has 19 heavy (non-hydrogen) atoms. The van der Waals surface area contributed by atoms with Gasteiger partial charge >= 0.3 is 11.9 Å². The molecule has 0 N–H and O–H groups in total. The normalized spacial score (nSPS) is 12.7. The van der Waals surface area contributed by atoms with E-state index in [0.717, 1.165) is 12.4 Å². The standard InChI is InChI=1S/C12H20N2O5/c1-11(2,3)18-13-7-9(15)17-10(16)8-14-19-12(4,5)6/h7-8H,1-6H3. The number of nitrogens with zero attached hydrogens (tertiary/aromatic N) is 2. The van der Waals surface area contributed by atoms with Crippen molar-refractivity contribution in [1.29, 1.82) is 0 Å². The third-order valence-electron chi connectivity index (χ3n) is 1.17. The smallest absolute Gasteiger partial charge is 0.360 e. The molecule has 0 saturated heterocycles. The lowest BCUT2D eigenvalue weighted by Gasteiger charge is -2.14. The number of hydrogen-bond donors (Lipinski definition) is 0. The number of hydrogen-bond acceptors (Lipinski definition) is 7. The Labute approximate surface area is 112 Å². The highest BCUT2D eigenvalue weighted by Gasteiger charge is 2.12. The van der Waals surface area contributed by atoms with Gasteiger partial charge in [-0.2, -0.15) is 0 Å². The monoisotopic (exact) mass is 272 g/mol. The van der Waals surface area contributed by atoms with E-state index in [9.17, 15) is 9.59 Å². The Bertz CT molecular complexity index is 339. The number of esters is 2. The van der Waals surface area contributed by atoms with E-state index in [1.54, 1.807) is 41.5 Å². The van der Waals surface area contributed by atoms with Crippen LogP contribution in [-0.2, 0) is 24.0 Å². The van der Waals surface area contributed by atoms with E-state index in [1.165, 1.54) is 0 Å². The van der Waals surface area contributed by atoms with Gasteiger partial charge in [-0.3, -0.25) is 0 Å². The van der Waals surface area contributed by atoms with Gasteiger partial charge in [-0.15, -0.1) is 0 Å². The molecule has 0 bridgehead atoms. The quantitative estimate of drug-likeness (QED) is 0.336. The molecule has 0 unspecified atom stereocenters. The highest BCUT2D eigenvalue weighted by atomic mass is 16.7. The van der Waals surface area contributed by atoms with E-state index >= 15 is 0 Å². The number of oxime groups is 2. The zero-order valence-electron chi connectivity index (χ0n) is 12.1. The second-order valence-corrected chi connectivity index (χ2v) is 5.62. The lowest BCUT2D eigenvalue weighted by Crippen LogP contribution is -2.19. The summed E-state index contributed by atoms with van der Waals surface area (Å²) in [6, 6.07) is 0. The predicted octanol–water partition coefficient (Wildman–Crippen LogP) is 1.66. The average molecular weight is 272 g/mol. The van der Waals surface area contributed by atoms with Crippen molar-refractivity contribution < 1.29 is 24.0 Å². The molecule has 0 fully saturated rings. The van der Waals surface area contributed by atoms with Gasteiger partial charge in [0.1, 0.15) is 11.2 Å². The van der Waals surface area contributed by atoms with Gasteiger partial charge in [-0.1, -0.05) is 10.3 Å². The van der Waals surface area contributed by atoms with Crippen molar-refractivity contribution in [3.05, 3.63) is 0 Å². The molecule has 0 atom stereocenters. The maximum Gasteiger partial charge on any atom is 0.360 e. The van der Waals surface area contributed by atoms with Gasteiger partial charge < -0.3 is 14.4 Å². The fourth-order valence-corrected chi connectivity index (χ4v) is 0.607. The topological polar surface area (TPSA) is 86.6 Å². The highest BCUT2D eigenvalue weighted by molar-refractivity contribution is 6.32. The van der Waals surface area contributed by atoms with E-state index in [4.69, 9.17) is 9.68 Å². The fourth-order valence-electron chi connectivity index (χ4n) is 0.607. The lowest BCUT2D eigenvalue weighted by molar-refractivity contribution is -0.149. The minimum atomic E-state index is -0.948. The molecule has 0 radical (unpaired) electrons. The summed E-state index contributed by atoms with van der Waals surface area (Å²) in [5, 5.41) is 6.78. The summed E-state index contributed by atoms with van der Waals surface area (Å²) < 4.78 is 4.34. The molecule has 0 heterocycles. The zero-order valence-corrected chi connectivity index (χ0v) is 12.1. The van der Waals surface area contributed by atoms with Crippen LogP contribution in [0.25, 0.3) is 0 Å². The van der Waals surface area contributed by atoms with Crippen LogP contribution in [0, 0.1) is 0 Å². The Hall–Kier alpha value is -1.92. The molecule has 0 aromatic heterocycles. The molecule has 0 aliphatic carbocycles. The van der Waals surface area contributed by atoms with E-state index < -0.39 is 23.1 Å². The zero-order chi connectivity index (χ0) is 15.1. The van der Waals surface area contributed by atoms with Crippen molar-refractivity contribution >= 4 is 24.4 Å². The van der Waals surface area contributed by atoms with Gasteiger partial charge in [-0.25, -0.2) is 9.59 Å². The summed E-state index contributed by atoms with van der Waals surface area (Å²) in [4.78, 5) is 32.1. The molecule has 0 aliphatic rings. The first-order valence-electron chi connectivity index (χ1n) is 5.68. The predicted molar refractivity (Wildman–Crippen MR) is 69.8 cm³/mol. The van der Waals surface area contributed by atoms with E-state index in [2.05, 4.69) is 15.0 Å². The fraction of sp³-hybridized carbons (Fsp3) is 0.667. The third-order valence-corrected chi connectivity index (χ3v) is 1.17. The Morgan fingerprint density at radius 1 is 0.789 bits per heavy atom. The van der Waals surface area contributed by atoms with Gasteiger partial charge in [0.15, 0.2) is 12.4 Å². The summed E-state index contributed by atoms with van der Waals surface area (Å²) in [5.41, 5.74) is -1.05. The van der Waals surface area contributed by atoms with Crippen LogP contribution in [0.3, 0.4) is 0 Å². The number of carbonyl (C=O) groups excluding carboxylic acids is 2. The van der Waals surface area contributed by atoms with Crippen molar-refractivity contribution in [3.8, 4) is 0 Å². The summed E-state index contributed by atoms with van der Waals surface area (Å²) in [6.45, 7) is 10.6. The van der Waals surface area contributed by atoms with Crippen LogP contribution < -0.4 is 0 Å². The van der Waals surface area contributed by atoms with Gasteiger partial charge in [0.05, 0.1) is 0 Å². The van der Waals surface area contributed by atoms with Crippen molar-refractivity contribution in [2.75, 3.05) is 0 Å². The molecule has 0 spiro atoms. The Morgan fingerprint density at radius 3 is 1.37 bits per heavy atom. The lowest BCUT2D eigenvalue weighted by atomic mass is 10.2. The van der Waals surface area contributed by atoms with Crippen molar-refractivity contribution in [2.45, 2.75) is 52.7 Å². The first-order chi connectivity index (χ1) is 8.49. The molecule has 0 rings (SSSR count). The summed E-state index contributed by atoms with van der Waals surface area (Å²) in [7, 11) is 0. The maximum absolute atomic E-state index is 11.1. The Balaban J connectivity index is 4.10. The van der Waals surface area contributed by atoms with E-state index in [-0.39, 0.29) is 0 Å². The summed E-state index contributed by atoms with van der Waals surface area (Å²) >= 11 is 0. The molecule has 0 aromatic carbocycles. The van der Waals surface area contributed by atoms with Crippen LogP contribution in [0.15, 0.2) is 10.3 Å². The third kappa shape index (κ3) is 12.3. The van der Waals surface area contributed by atoms with Crippen LogP contribution in [0.5, 0.6) is 0 Å². The van der Waals surface area contributed by atoms with Crippen molar-refractivity contribution in [2.24, 2.45) is 10.3 Å². The molecule has 108 valence electrons. The van der Waals surface area contributed by atoms with Gasteiger partial charge in [0.2, 0.25) is 0 Å². The number of rotatable bonds is 4. The molecule has 7 nitrogen and oxygen atoms in total. The first kappa shape index (κ1) is 17.1. The second-order valence-electron chi connectivity index (χ2n) is 5.62. The second kappa shape index (κ2) is 6.86. The summed E-state index contributed by atoms with van der Waals surface area (Å²) in [5.74, 6) is -1.90.